The molecule has 1 amide bonds. The van der Waals surface area contributed by atoms with E-state index in [2.05, 4.69) is 4.90 Å². The highest BCUT2D eigenvalue weighted by atomic mass is 32.2. The molecule has 0 saturated carbocycles. The minimum absolute atomic E-state index is 0.147. The quantitative estimate of drug-likeness (QED) is 0.822. The Labute approximate surface area is 138 Å². The highest BCUT2D eigenvalue weighted by molar-refractivity contribution is 7.91. The first-order chi connectivity index (χ1) is 10.9. The van der Waals surface area contributed by atoms with E-state index in [1.54, 1.807) is 0 Å². The monoisotopic (exact) mass is 336 g/mol. The molecule has 2 heterocycles. The molecular weight excluding hydrogens is 312 g/mol. The number of nitrogens with zero attached hydrogens (tertiary/aromatic N) is 2. The summed E-state index contributed by atoms with van der Waals surface area (Å²) in [6.45, 7) is 4.98. The van der Waals surface area contributed by atoms with Crippen molar-refractivity contribution in [3.8, 4) is 0 Å². The molecule has 0 radical (unpaired) electrons. The van der Waals surface area contributed by atoms with Crippen LogP contribution < -0.4 is 0 Å². The van der Waals surface area contributed by atoms with Crippen LogP contribution in [0.3, 0.4) is 0 Å². The Bertz CT molecular complexity index is 679. The average molecular weight is 336 g/mol. The van der Waals surface area contributed by atoms with Crippen LogP contribution in [0.4, 0.5) is 0 Å². The molecule has 2 aliphatic heterocycles. The van der Waals surface area contributed by atoms with E-state index in [1.165, 1.54) is 0 Å². The zero-order valence-electron chi connectivity index (χ0n) is 13.6. The van der Waals surface area contributed by atoms with Crippen LogP contribution in [-0.4, -0.2) is 67.9 Å². The van der Waals surface area contributed by atoms with Crippen LogP contribution in [-0.2, 0) is 21.1 Å². The van der Waals surface area contributed by atoms with Crippen molar-refractivity contribution >= 4 is 15.7 Å². The number of amides is 1. The largest absolute Gasteiger partial charge is 0.340 e. The third-order valence-electron chi connectivity index (χ3n) is 4.99. The van der Waals surface area contributed by atoms with Gasteiger partial charge in [0.15, 0.2) is 9.84 Å². The van der Waals surface area contributed by atoms with Gasteiger partial charge in [-0.05, 0) is 24.5 Å². The lowest BCUT2D eigenvalue weighted by molar-refractivity contribution is -0.132. The van der Waals surface area contributed by atoms with E-state index in [0.29, 0.717) is 25.3 Å². The molecule has 0 aliphatic carbocycles. The van der Waals surface area contributed by atoms with E-state index in [9.17, 15) is 13.2 Å². The van der Waals surface area contributed by atoms with Crippen molar-refractivity contribution in [2.75, 3.05) is 37.7 Å². The Morgan fingerprint density at radius 1 is 1.17 bits per heavy atom. The third kappa shape index (κ3) is 3.93. The van der Waals surface area contributed by atoms with Gasteiger partial charge in [0.2, 0.25) is 5.91 Å². The first-order valence-electron chi connectivity index (χ1n) is 8.21. The van der Waals surface area contributed by atoms with Gasteiger partial charge in [-0.15, -0.1) is 0 Å². The number of benzene rings is 1. The summed E-state index contributed by atoms with van der Waals surface area (Å²) < 4.78 is 23.2. The second-order valence-corrected chi connectivity index (χ2v) is 8.81. The van der Waals surface area contributed by atoms with Crippen molar-refractivity contribution in [2.24, 2.45) is 0 Å². The molecule has 5 nitrogen and oxygen atoms in total. The molecule has 1 unspecified atom stereocenters. The van der Waals surface area contributed by atoms with Gasteiger partial charge in [0.05, 0.1) is 17.9 Å². The number of rotatable bonds is 3. The van der Waals surface area contributed by atoms with Crippen molar-refractivity contribution in [2.45, 2.75) is 25.8 Å². The van der Waals surface area contributed by atoms with Gasteiger partial charge in [-0.3, -0.25) is 9.69 Å². The highest BCUT2D eigenvalue weighted by Gasteiger charge is 2.34. The SMILES string of the molecule is Cc1ccccc1CC(=O)N1CCN(C2CCS(=O)(=O)C2)CC1. The fourth-order valence-corrected chi connectivity index (χ4v) is 5.24. The molecular formula is C17H24N2O3S. The van der Waals surface area contributed by atoms with Crippen LogP contribution in [0.15, 0.2) is 24.3 Å². The molecule has 126 valence electrons. The van der Waals surface area contributed by atoms with Crippen molar-refractivity contribution in [1.29, 1.82) is 0 Å². The fourth-order valence-electron chi connectivity index (χ4n) is 3.48. The molecule has 0 spiro atoms. The van der Waals surface area contributed by atoms with Gasteiger partial charge in [-0.2, -0.15) is 0 Å². The lowest BCUT2D eigenvalue weighted by atomic mass is 10.0. The molecule has 0 N–H and O–H groups in total. The molecule has 3 rings (SSSR count). The number of carbonyl (C=O) groups excluding carboxylic acids is 1. The maximum absolute atomic E-state index is 12.5. The number of sulfone groups is 1. The number of piperazine rings is 1. The molecule has 23 heavy (non-hydrogen) atoms. The van der Waals surface area contributed by atoms with Crippen molar-refractivity contribution in [1.82, 2.24) is 9.80 Å². The third-order valence-corrected chi connectivity index (χ3v) is 6.75. The molecule has 0 aromatic heterocycles. The fraction of sp³-hybridized carbons (Fsp3) is 0.588. The van der Waals surface area contributed by atoms with Gasteiger partial charge in [-0.25, -0.2) is 8.42 Å². The Kier molecular flexibility index (Phi) is 4.73. The molecule has 2 aliphatic rings. The van der Waals surface area contributed by atoms with Gasteiger partial charge >= 0.3 is 0 Å². The zero-order chi connectivity index (χ0) is 16.4. The molecule has 6 heteroatoms. The van der Waals surface area contributed by atoms with Crippen LogP contribution in [0, 0.1) is 6.92 Å². The lowest BCUT2D eigenvalue weighted by Gasteiger charge is -2.37. The van der Waals surface area contributed by atoms with Gasteiger partial charge in [0.25, 0.3) is 0 Å². The summed E-state index contributed by atoms with van der Waals surface area (Å²) in [4.78, 5) is 16.6. The van der Waals surface area contributed by atoms with Gasteiger partial charge in [-0.1, -0.05) is 24.3 Å². The zero-order valence-corrected chi connectivity index (χ0v) is 14.4. The molecule has 1 aromatic rings. The minimum Gasteiger partial charge on any atom is -0.340 e. The van der Waals surface area contributed by atoms with Crippen molar-refractivity contribution in [3.63, 3.8) is 0 Å². The normalized spacial score (nSPS) is 24.7. The Balaban J connectivity index is 1.53. The molecule has 1 aromatic carbocycles. The predicted octanol–water partition coefficient (Wildman–Crippen LogP) is 0.869. The van der Waals surface area contributed by atoms with Crippen LogP contribution >= 0.6 is 0 Å². The van der Waals surface area contributed by atoms with E-state index in [-0.39, 0.29) is 17.7 Å². The Morgan fingerprint density at radius 2 is 1.87 bits per heavy atom. The molecule has 1 atom stereocenters. The van der Waals surface area contributed by atoms with Gasteiger partial charge in [0, 0.05) is 32.2 Å². The topological polar surface area (TPSA) is 57.7 Å². The summed E-state index contributed by atoms with van der Waals surface area (Å²) in [7, 11) is -2.84. The number of hydrogen-bond donors (Lipinski definition) is 0. The predicted molar refractivity (Wildman–Crippen MR) is 90.1 cm³/mol. The molecule has 2 fully saturated rings. The van der Waals surface area contributed by atoms with Crippen LogP contribution in [0.5, 0.6) is 0 Å². The smallest absolute Gasteiger partial charge is 0.227 e. The summed E-state index contributed by atoms with van der Waals surface area (Å²) in [5.41, 5.74) is 2.23. The Hall–Kier alpha value is -1.40. The maximum Gasteiger partial charge on any atom is 0.227 e. The first-order valence-corrected chi connectivity index (χ1v) is 10.0. The van der Waals surface area contributed by atoms with Crippen molar-refractivity contribution < 1.29 is 13.2 Å². The van der Waals surface area contributed by atoms with E-state index >= 15 is 0 Å². The summed E-state index contributed by atoms with van der Waals surface area (Å²) in [5, 5.41) is 0. The van der Waals surface area contributed by atoms with Crippen LogP contribution in [0.25, 0.3) is 0 Å². The second-order valence-electron chi connectivity index (χ2n) is 6.58. The van der Waals surface area contributed by atoms with E-state index in [0.717, 1.165) is 30.6 Å². The molecule has 2 saturated heterocycles. The van der Waals surface area contributed by atoms with Gasteiger partial charge < -0.3 is 4.90 Å². The molecule has 0 bridgehead atoms. The number of aryl methyl sites for hydroxylation is 1. The van der Waals surface area contributed by atoms with Crippen LogP contribution in [0.1, 0.15) is 17.5 Å². The standard InChI is InChI=1S/C17H24N2O3S/c1-14-4-2-3-5-15(14)12-17(20)19-9-7-18(8-10-19)16-6-11-23(21,22)13-16/h2-5,16H,6-13H2,1H3. The summed E-state index contributed by atoms with van der Waals surface area (Å²) in [5.74, 6) is 0.756. The summed E-state index contributed by atoms with van der Waals surface area (Å²) in [6, 6.07) is 8.13. The summed E-state index contributed by atoms with van der Waals surface area (Å²) in [6.07, 6.45) is 1.18. The van der Waals surface area contributed by atoms with E-state index < -0.39 is 9.84 Å². The first kappa shape index (κ1) is 16.5. The number of carbonyl (C=O) groups is 1. The number of hydrogen-bond acceptors (Lipinski definition) is 4. The van der Waals surface area contributed by atoms with Gasteiger partial charge in [0.1, 0.15) is 0 Å². The summed E-state index contributed by atoms with van der Waals surface area (Å²) >= 11 is 0. The lowest BCUT2D eigenvalue weighted by Crippen LogP contribution is -2.52. The second kappa shape index (κ2) is 6.61. The average Bonchev–Trinajstić information content (AvgIpc) is 2.90. The minimum atomic E-state index is -2.84. The maximum atomic E-state index is 12.5. The van der Waals surface area contributed by atoms with Crippen molar-refractivity contribution in [3.05, 3.63) is 35.4 Å². The van der Waals surface area contributed by atoms with E-state index in [4.69, 9.17) is 0 Å². The Morgan fingerprint density at radius 3 is 2.48 bits per heavy atom. The van der Waals surface area contributed by atoms with E-state index in [1.807, 2.05) is 36.1 Å². The van der Waals surface area contributed by atoms with Crippen LogP contribution in [0.2, 0.25) is 0 Å². The highest BCUT2D eigenvalue weighted by Crippen LogP contribution is 2.19.